The molecule has 0 aliphatic carbocycles. The quantitative estimate of drug-likeness (QED) is 0.926. The number of hydrogen-bond donors (Lipinski definition) is 1. The van der Waals surface area contributed by atoms with E-state index in [1.165, 1.54) is 6.26 Å². The van der Waals surface area contributed by atoms with Gasteiger partial charge in [-0.15, -0.1) is 0 Å². The van der Waals surface area contributed by atoms with E-state index in [9.17, 15) is 8.42 Å². The average molecular weight is 283 g/mol. The van der Waals surface area contributed by atoms with Crippen LogP contribution < -0.4 is 5.32 Å². The van der Waals surface area contributed by atoms with Crippen LogP contribution in [-0.4, -0.2) is 32.9 Å². The molecule has 0 saturated carbocycles. The van der Waals surface area contributed by atoms with Gasteiger partial charge in [0.25, 0.3) is 0 Å². The molecule has 5 heteroatoms. The molecule has 0 spiro atoms. The number of rotatable bonds is 3. The Hall–Kier alpha value is -1.07. The molecule has 1 N–H and O–H groups in total. The van der Waals surface area contributed by atoms with Crippen molar-refractivity contribution in [3.63, 3.8) is 0 Å². The molecule has 1 fully saturated rings. The molecule has 106 valence electrons. The van der Waals surface area contributed by atoms with Gasteiger partial charge in [-0.05, 0) is 51.0 Å². The van der Waals surface area contributed by atoms with Crippen molar-refractivity contribution in [3.8, 4) is 0 Å². The first-order valence-corrected chi connectivity index (χ1v) is 8.36. The molecule has 1 heterocycles. The fourth-order valence-electron chi connectivity index (χ4n) is 2.39. The van der Waals surface area contributed by atoms with Crippen molar-refractivity contribution in [2.75, 3.05) is 18.2 Å². The highest BCUT2D eigenvalue weighted by Gasteiger charge is 2.28. The first-order valence-electron chi connectivity index (χ1n) is 6.47. The Balaban J connectivity index is 2.04. The minimum absolute atomic E-state index is 0.0946. The second kappa shape index (κ2) is 5.13. The maximum atomic E-state index is 11.4. The molecule has 0 aromatic heterocycles. The smallest absolute Gasteiger partial charge is 0.175 e. The summed E-state index contributed by atoms with van der Waals surface area (Å²) in [5.74, 6) is 0. The Morgan fingerprint density at radius 3 is 2.42 bits per heavy atom. The summed E-state index contributed by atoms with van der Waals surface area (Å²) in [6.45, 7) is 4.94. The molecule has 1 saturated heterocycles. The van der Waals surface area contributed by atoms with Gasteiger partial charge in [0.15, 0.2) is 9.84 Å². The highest BCUT2D eigenvalue weighted by molar-refractivity contribution is 7.90. The molecule has 2 rings (SSSR count). The third kappa shape index (κ3) is 3.94. The third-order valence-electron chi connectivity index (χ3n) is 3.35. The molecule has 1 aromatic carbocycles. The highest BCUT2D eigenvalue weighted by Crippen LogP contribution is 2.26. The van der Waals surface area contributed by atoms with E-state index < -0.39 is 9.84 Å². The Bertz CT molecular complexity index is 534. The predicted molar refractivity (Wildman–Crippen MR) is 76.2 cm³/mol. The highest BCUT2D eigenvalue weighted by atomic mass is 32.2. The molecule has 4 nitrogen and oxygen atoms in total. The largest absolute Gasteiger partial charge is 0.382 e. The van der Waals surface area contributed by atoms with Gasteiger partial charge in [0, 0.05) is 24.6 Å². The van der Waals surface area contributed by atoms with E-state index in [0.717, 1.165) is 25.1 Å². The summed E-state index contributed by atoms with van der Waals surface area (Å²) >= 11 is 0. The number of sulfone groups is 1. The molecule has 1 unspecified atom stereocenters. The van der Waals surface area contributed by atoms with Crippen LogP contribution in [-0.2, 0) is 14.6 Å². The summed E-state index contributed by atoms with van der Waals surface area (Å²) in [4.78, 5) is 0.352. The zero-order valence-corrected chi connectivity index (χ0v) is 12.5. The Kier molecular flexibility index (Phi) is 3.87. The van der Waals surface area contributed by atoms with Crippen molar-refractivity contribution in [1.29, 1.82) is 0 Å². The van der Waals surface area contributed by atoms with Crippen LogP contribution in [0.2, 0.25) is 0 Å². The van der Waals surface area contributed by atoms with Crippen molar-refractivity contribution >= 4 is 15.5 Å². The molecule has 0 bridgehead atoms. The molecule has 1 aliphatic heterocycles. The van der Waals surface area contributed by atoms with Gasteiger partial charge in [0.1, 0.15) is 0 Å². The fourth-order valence-corrected chi connectivity index (χ4v) is 3.02. The third-order valence-corrected chi connectivity index (χ3v) is 4.48. The van der Waals surface area contributed by atoms with Gasteiger partial charge in [-0.1, -0.05) is 0 Å². The molecular weight excluding hydrogens is 262 g/mol. The van der Waals surface area contributed by atoms with Crippen LogP contribution in [0.25, 0.3) is 0 Å². The van der Waals surface area contributed by atoms with Crippen LogP contribution in [0.3, 0.4) is 0 Å². The second-order valence-corrected chi connectivity index (χ2v) is 7.75. The Morgan fingerprint density at radius 2 is 1.89 bits per heavy atom. The first-order chi connectivity index (χ1) is 8.76. The van der Waals surface area contributed by atoms with Crippen LogP contribution in [0, 0.1) is 0 Å². The van der Waals surface area contributed by atoms with E-state index in [1.807, 2.05) is 12.1 Å². The van der Waals surface area contributed by atoms with Crippen molar-refractivity contribution in [2.24, 2.45) is 0 Å². The molecular formula is C14H21NO3S. The predicted octanol–water partition coefficient (Wildman–Crippen LogP) is 2.46. The van der Waals surface area contributed by atoms with Crippen LogP contribution in [0.15, 0.2) is 29.2 Å². The Morgan fingerprint density at radius 1 is 1.26 bits per heavy atom. The molecule has 1 atom stereocenters. The molecule has 1 aliphatic rings. The summed E-state index contributed by atoms with van der Waals surface area (Å²) in [6.07, 6.45) is 3.13. The van der Waals surface area contributed by atoms with E-state index in [1.54, 1.807) is 12.1 Å². The summed E-state index contributed by atoms with van der Waals surface area (Å²) < 4.78 is 28.4. The normalized spacial score (nSPS) is 23.0. The first kappa shape index (κ1) is 14.3. The van der Waals surface area contributed by atoms with Gasteiger partial charge < -0.3 is 10.1 Å². The summed E-state index contributed by atoms with van der Waals surface area (Å²) in [6, 6.07) is 7.29. The van der Waals surface area contributed by atoms with Gasteiger partial charge in [-0.3, -0.25) is 0 Å². The zero-order valence-electron chi connectivity index (χ0n) is 11.6. The van der Waals surface area contributed by atoms with Gasteiger partial charge in [-0.25, -0.2) is 8.42 Å². The number of nitrogens with one attached hydrogen (secondary N) is 1. The van der Waals surface area contributed by atoms with Gasteiger partial charge >= 0.3 is 0 Å². The SMILES string of the molecule is CC1(C)CC(Nc2ccc(S(C)(=O)=O)cc2)CCO1. The van der Waals surface area contributed by atoms with E-state index in [2.05, 4.69) is 19.2 Å². The van der Waals surface area contributed by atoms with E-state index in [4.69, 9.17) is 4.74 Å². The summed E-state index contributed by atoms with van der Waals surface area (Å²) in [7, 11) is -3.12. The topological polar surface area (TPSA) is 55.4 Å². The maximum absolute atomic E-state index is 11.4. The van der Waals surface area contributed by atoms with E-state index in [-0.39, 0.29) is 5.60 Å². The lowest BCUT2D eigenvalue weighted by Gasteiger charge is -2.36. The van der Waals surface area contributed by atoms with Crippen molar-refractivity contribution in [1.82, 2.24) is 0 Å². The zero-order chi connectivity index (χ0) is 14.1. The maximum Gasteiger partial charge on any atom is 0.175 e. The van der Waals surface area contributed by atoms with E-state index in [0.29, 0.717) is 10.9 Å². The Labute approximate surface area is 115 Å². The lowest BCUT2D eigenvalue weighted by atomic mass is 9.94. The number of hydrogen-bond acceptors (Lipinski definition) is 4. The standard InChI is InChI=1S/C14H21NO3S/c1-14(2)10-12(8-9-18-14)15-11-4-6-13(7-5-11)19(3,16)17/h4-7,12,15H,8-10H2,1-3H3. The summed E-state index contributed by atoms with van der Waals surface area (Å²) in [5.41, 5.74) is 0.859. The number of ether oxygens (including phenoxy) is 1. The monoisotopic (exact) mass is 283 g/mol. The fraction of sp³-hybridized carbons (Fsp3) is 0.571. The molecule has 0 radical (unpaired) electrons. The van der Waals surface area contributed by atoms with Crippen LogP contribution in [0.1, 0.15) is 26.7 Å². The van der Waals surface area contributed by atoms with Crippen LogP contribution >= 0.6 is 0 Å². The minimum Gasteiger partial charge on any atom is -0.382 e. The van der Waals surface area contributed by atoms with Crippen molar-refractivity contribution < 1.29 is 13.2 Å². The molecule has 19 heavy (non-hydrogen) atoms. The van der Waals surface area contributed by atoms with Gasteiger partial charge in [0.2, 0.25) is 0 Å². The van der Waals surface area contributed by atoms with Crippen molar-refractivity contribution in [2.45, 2.75) is 43.2 Å². The number of benzene rings is 1. The molecule has 0 amide bonds. The van der Waals surface area contributed by atoms with Crippen LogP contribution in [0.4, 0.5) is 5.69 Å². The molecule has 1 aromatic rings. The lowest BCUT2D eigenvalue weighted by molar-refractivity contribution is -0.0553. The second-order valence-electron chi connectivity index (χ2n) is 5.74. The van der Waals surface area contributed by atoms with E-state index >= 15 is 0 Å². The van der Waals surface area contributed by atoms with Crippen LogP contribution in [0.5, 0.6) is 0 Å². The minimum atomic E-state index is -3.12. The van der Waals surface area contributed by atoms with Gasteiger partial charge in [0.05, 0.1) is 10.5 Å². The number of anilines is 1. The average Bonchev–Trinajstić information content (AvgIpc) is 2.27. The van der Waals surface area contributed by atoms with Crippen molar-refractivity contribution in [3.05, 3.63) is 24.3 Å². The van der Waals surface area contributed by atoms with Gasteiger partial charge in [-0.2, -0.15) is 0 Å². The summed E-state index contributed by atoms with van der Waals surface area (Å²) in [5, 5.41) is 3.44. The lowest BCUT2D eigenvalue weighted by Crippen LogP contribution is -2.40.